The molecular weight excluding hydrogens is 324 g/mol. The summed E-state index contributed by atoms with van der Waals surface area (Å²) < 4.78 is 10.9. The number of hydrogen-bond donors (Lipinski definition) is 1. The van der Waals surface area contributed by atoms with Crippen LogP contribution in [0.15, 0.2) is 42.5 Å². The number of urea groups is 1. The van der Waals surface area contributed by atoms with E-state index in [4.69, 9.17) is 9.47 Å². The first-order valence-corrected chi connectivity index (χ1v) is 7.64. The van der Waals surface area contributed by atoms with E-state index < -0.39 is 6.03 Å². The topological polar surface area (TPSA) is 84.9 Å². The highest BCUT2D eigenvalue weighted by molar-refractivity contribution is 6.12. The number of benzene rings is 2. The summed E-state index contributed by atoms with van der Waals surface area (Å²) in [5.41, 5.74) is 1.23. The van der Waals surface area contributed by atoms with Gasteiger partial charge >= 0.3 is 6.03 Å². The molecule has 3 amide bonds. The molecule has 25 heavy (non-hydrogen) atoms. The number of rotatable bonds is 4. The third-order valence-corrected chi connectivity index (χ3v) is 3.65. The number of anilines is 2. The van der Waals surface area contributed by atoms with Crippen molar-refractivity contribution >= 4 is 29.6 Å². The molecule has 3 rings (SSSR count). The van der Waals surface area contributed by atoms with Gasteiger partial charge in [-0.2, -0.15) is 0 Å². The second-order valence-corrected chi connectivity index (χ2v) is 5.37. The Bertz CT molecular complexity index is 834. The number of hydrogen-bond acceptors (Lipinski definition) is 5. The highest BCUT2D eigenvalue weighted by Crippen LogP contribution is 2.33. The molecule has 1 aliphatic rings. The van der Waals surface area contributed by atoms with Gasteiger partial charge in [0.1, 0.15) is 13.2 Å². The van der Waals surface area contributed by atoms with Crippen molar-refractivity contribution in [3.05, 3.63) is 48.0 Å². The van der Waals surface area contributed by atoms with Crippen LogP contribution in [-0.4, -0.2) is 31.4 Å². The minimum atomic E-state index is -0.646. The predicted molar refractivity (Wildman–Crippen MR) is 91.4 cm³/mol. The Morgan fingerprint density at radius 3 is 2.56 bits per heavy atom. The minimum absolute atomic E-state index is 0.116. The first-order valence-electron chi connectivity index (χ1n) is 7.64. The van der Waals surface area contributed by atoms with Crippen molar-refractivity contribution in [1.82, 2.24) is 0 Å². The lowest BCUT2D eigenvalue weighted by Gasteiger charge is -2.21. The van der Waals surface area contributed by atoms with Crippen molar-refractivity contribution in [3.8, 4) is 11.5 Å². The maximum atomic E-state index is 12.4. The number of ether oxygens (including phenoxy) is 2. The minimum Gasteiger partial charge on any atom is -0.486 e. The summed E-state index contributed by atoms with van der Waals surface area (Å²) >= 11 is 0. The zero-order valence-electron chi connectivity index (χ0n) is 13.5. The van der Waals surface area contributed by atoms with E-state index in [1.54, 1.807) is 42.5 Å². The van der Waals surface area contributed by atoms with E-state index in [2.05, 4.69) is 5.32 Å². The lowest BCUT2D eigenvalue weighted by atomic mass is 10.1. The van der Waals surface area contributed by atoms with Crippen molar-refractivity contribution in [2.24, 2.45) is 0 Å². The molecule has 7 nitrogen and oxygen atoms in total. The molecule has 0 unspecified atom stereocenters. The SMILES string of the molecule is CC(=O)c1cccc(NC(=O)N(C=O)c2ccc3c(c2)OCCO3)c1. The van der Waals surface area contributed by atoms with E-state index in [-0.39, 0.29) is 5.78 Å². The van der Waals surface area contributed by atoms with E-state index in [9.17, 15) is 14.4 Å². The first-order chi connectivity index (χ1) is 12.1. The van der Waals surface area contributed by atoms with Crippen LogP contribution in [0.25, 0.3) is 0 Å². The second kappa shape index (κ2) is 7.04. The zero-order valence-corrected chi connectivity index (χ0v) is 13.5. The predicted octanol–water partition coefficient (Wildman–Crippen LogP) is 2.86. The number of ketones is 1. The Morgan fingerprint density at radius 1 is 1.08 bits per heavy atom. The molecule has 0 aliphatic carbocycles. The Kier molecular flexibility index (Phi) is 4.65. The van der Waals surface area contributed by atoms with Gasteiger partial charge in [0, 0.05) is 17.3 Å². The first kappa shape index (κ1) is 16.5. The molecule has 128 valence electrons. The molecule has 0 fully saturated rings. The molecule has 1 heterocycles. The maximum Gasteiger partial charge on any atom is 0.332 e. The van der Waals surface area contributed by atoms with Gasteiger partial charge < -0.3 is 14.8 Å². The summed E-state index contributed by atoms with van der Waals surface area (Å²) in [6, 6.07) is 10.6. The summed E-state index contributed by atoms with van der Waals surface area (Å²) in [6.07, 6.45) is 0.412. The second-order valence-electron chi connectivity index (χ2n) is 5.37. The van der Waals surface area contributed by atoms with Gasteiger partial charge in [-0.15, -0.1) is 0 Å². The molecular formula is C18H16N2O5. The third-order valence-electron chi connectivity index (χ3n) is 3.65. The highest BCUT2D eigenvalue weighted by Gasteiger charge is 2.19. The summed E-state index contributed by atoms with van der Waals surface area (Å²) in [4.78, 5) is 36.2. The van der Waals surface area contributed by atoms with Crippen LogP contribution in [0.4, 0.5) is 16.2 Å². The fraction of sp³-hybridized carbons (Fsp3) is 0.167. The quantitative estimate of drug-likeness (QED) is 0.683. The lowest BCUT2D eigenvalue weighted by Crippen LogP contribution is -2.33. The molecule has 7 heteroatoms. The fourth-order valence-electron chi connectivity index (χ4n) is 2.41. The van der Waals surface area contributed by atoms with E-state index in [0.717, 1.165) is 4.90 Å². The zero-order chi connectivity index (χ0) is 17.8. The van der Waals surface area contributed by atoms with Crippen molar-refractivity contribution in [2.75, 3.05) is 23.4 Å². The average Bonchev–Trinajstić information content (AvgIpc) is 2.62. The molecule has 1 aliphatic heterocycles. The molecule has 0 atom stereocenters. The molecule has 0 aromatic heterocycles. The largest absolute Gasteiger partial charge is 0.486 e. The van der Waals surface area contributed by atoms with Crippen LogP contribution in [0, 0.1) is 0 Å². The van der Waals surface area contributed by atoms with Crippen LogP contribution in [-0.2, 0) is 4.79 Å². The van der Waals surface area contributed by atoms with Crippen LogP contribution in [0.5, 0.6) is 11.5 Å². The summed E-state index contributed by atoms with van der Waals surface area (Å²) in [7, 11) is 0. The maximum absolute atomic E-state index is 12.4. The van der Waals surface area contributed by atoms with Crippen LogP contribution in [0.3, 0.4) is 0 Å². The van der Waals surface area contributed by atoms with Gasteiger partial charge in [-0.25, -0.2) is 9.69 Å². The number of carbonyl (C=O) groups is 3. The molecule has 2 aromatic carbocycles. The molecule has 2 aromatic rings. The van der Waals surface area contributed by atoms with E-state index in [0.29, 0.717) is 48.1 Å². The molecule has 1 N–H and O–H groups in total. The molecule has 0 bridgehead atoms. The Hall–Kier alpha value is -3.35. The standard InChI is InChI=1S/C18H16N2O5/c1-12(22)13-3-2-4-14(9-13)19-18(23)20(11-21)15-5-6-16-17(10-15)25-8-7-24-16/h2-6,9-11H,7-8H2,1H3,(H,19,23). The Balaban J connectivity index is 1.81. The van der Waals surface area contributed by atoms with Crippen molar-refractivity contribution in [2.45, 2.75) is 6.92 Å². The van der Waals surface area contributed by atoms with Gasteiger partial charge in [0.2, 0.25) is 6.41 Å². The monoisotopic (exact) mass is 340 g/mol. The number of nitrogens with one attached hydrogen (secondary N) is 1. The van der Waals surface area contributed by atoms with E-state index in [1.807, 2.05) is 0 Å². The van der Waals surface area contributed by atoms with Gasteiger partial charge in [-0.1, -0.05) is 12.1 Å². The van der Waals surface area contributed by atoms with Crippen molar-refractivity contribution < 1.29 is 23.9 Å². The molecule has 0 saturated carbocycles. The van der Waals surface area contributed by atoms with Crippen molar-refractivity contribution in [3.63, 3.8) is 0 Å². The third kappa shape index (κ3) is 3.60. The number of nitrogens with zero attached hydrogens (tertiary/aromatic N) is 1. The van der Waals surface area contributed by atoms with Gasteiger partial charge in [0.15, 0.2) is 17.3 Å². The normalized spacial score (nSPS) is 12.2. The molecule has 0 radical (unpaired) electrons. The van der Waals surface area contributed by atoms with Gasteiger partial charge in [0.25, 0.3) is 0 Å². The number of Topliss-reactive ketones (excluding diaryl/α,β-unsaturated/α-hetero) is 1. The number of fused-ring (bicyclic) bond motifs is 1. The summed E-state index contributed by atoms with van der Waals surface area (Å²) in [5.74, 6) is 0.924. The lowest BCUT2D eigenvalue weighted by molar-refractivity contribution is -0.106. The summed E-state index contributed by atoms with van der Waals surface area (Å²) in [5, 5.41) is 2.60. The van der Waals surface area contributed by atoms with Crippen LogP contribution >= 0.6 is 0 Å². The summed E-state index contributed by atoms with van der Waals surface area (Å²) in [6.45, 7) is 2.30. The Morgan fingerprint density at radius 2 is 1.84 bits per heavy atom. The van der Waals surface area contributed by atoms with Crippen molar-refractivity contribution in [1.29, 1.82) is 0 Å². The molecule has 0 saturated heterocycles. The van der Waals surface area contributed by atoms with Crippen LogP contribution < -0.4 is 19.7 Å². The molecule has 0 spiro atoms. The number of imide groups is 1. The van der Waals surface area contributed by atoms with E-state index in [1.165, 1.54) is 6.92 Å². The number of carbonyl (C=O) groups excluding carboxylic acids is 3. The smallest absolute Gasteiger partial charge is 0.332 e. The van der Waals surface area contributed by atoms with Crippen LogP contribution in [0.2, 0.25) is 0 Å². The van der Waals surface area contributed by atoms with Gasteiger partial charge in [0.05, 0.1) is 5.69 Å². The fourth-order valence-corrected chi connectivity index (χ4v) is 2.41. The van der Waals surface area contributed by atoms with Gasteiger partial charge in [-0.05, 0) is 31.2 Å². The Labute approximate surface area is 144 Å². The number of amides is 3. The van der Waals surface area contributed by atoms with Gasteiger partial charge in [-0.3, -0.25) is 9.59 Å². The average molecular weight is 340 g/mol. The van der Waals surface area contributed by atoms with Crippen LogP contribution in [0.1, 0.15) is 17.3 Å². The highest BCUT2D eigenvalue weighted by atomic mass is 16.6. The van der Waals surface area contributed by atoms with E-state index >= 15 is 0 Å².